The van der Waals surface area contributed by atoms with Gasteiger partial charge >= 0.3 is 12.0 Å². The van der Waals surface area contributed by atoms with E-state index in [1.165, 1.54) is 0 Å². The minimum absolute atomic E-state index is 0.0898. The molecule has 1 aromatic rings. The maximum atomic E-state index is 12.3. The van der Waals surface area contributed by atoms with Gasteiger partial charge in [0, 0.05) is 6.54 Å². The number of benzene rings is 1. The van der Waals surface area contributed by atoms with Crippen LogP contribution in [0.15, 0.2) is 36.1 Å². The minimum atomic E-state index is -0.699. The lowest BCUT2D eigenvalue weighted by molar-refractivity contribution is -0.123. The molecule has 0 saturated carbocycles. The van der Waals surface area contributed by atoms with Crippen LogP contribution in [0.5, 0.6) is 0 Å². The number of ether oxygens (including phenoxy) is 1. The average Bonchev–Trinajstić information content (AvgIpc) is 2.77. The molecule has 0 spiro atoms. The topological polar surface area (TPSA) is 70.4 Å². The number of carbonyl (C=O) groups excluding carboxylic acids is 2. The first-order chi connectivity index (χ1) is 10.2. The van der Waals surface area contributed by atoms with Crippen molar-refractivity contribution in [2.45, 2.75) is 26.2 Å². The highest BCUT2D eigenvalue weighted by Crippen LogP contribution is 2.26. The molecule has 1 saturated heterocycles. The van der Waals surface area contributed by atoms with Gasteiger partial charge in [0.15, 0.2) is 0 Å². The molecule has 1 aliphatic rings. The predicted octanol–water partition coefficient (Wildman–Crippen LogP) is 3.09. The van der Waals surface area contributed by atoms with E-state index in [1.54, 1.807) is 24.3 Å². The lowest BCUT2D eigenvalue weighted by atomic mass is 10.1. The summed E-state index contributed by atoms with van der Waals surface area (Å²) in [5.74, 6) is -0.707. The van der Waals surface area contributed by atoms with Crippen LogP contribution in [0.4, 0.5) is 4.79 Å². The van der Waals surface area contributed by atoms with Crippen LogP contribution in [0.2, 0.25) is 0 Å². The highest BCUT2D eigenvalue weighted by Gasteiger charge is 2.38. The van der Waals surface area contributed by atoms with Crippen molar-refractivity contribution < 1.29 is 14.3 Å². The quantitative estimate of drug-likeness (QED) is 0.473. The predicted molar refractivity (Wildman–Crippen MR) is 76.7 cm³/mol. The van der Waals surface area contributed by atoms with Crippen molar-refractivity contribution in [2.75, 3.05) is 6.54 Å². The molecule has 1 heterocycles. The van der Waals surface area contributed by atoms with Crippen molar-refractivity contribution in [3.05, 3.63) is 41.7 Å². The number of allylic oxidation sites excluding steroid dienone is 1. The van der Waals surface area contributed by atoms with E-state index in [-0.39, 0.29) is 11.3 Å². The Bertz CT molecular complexity index is 614. The number of nitriles is 1. The van der Waals surface area contributed by atoms with E-state index in [2.05, 4.69) is 0 Å². The molecule has 2 rings (SSSR count). The molecular weight excluding hydrogens is 268 g/mol. The van der Waals surface area contributed by atoms with Gasteiger partial charge in [-0.2, -0.15) is 5.26 Å². The van der Waals surface area contributed by atoms with Gasteiger partial charge in [0.05, 0.1) is 0 Å². The molecule has 1 aromatic carbocycles. The van der Waals surface area contributed by atoms with Crippen molar-refractivity contribution in [3.8, 4) is 6.07 Å². The monoisotopic (exact) mass is 284 g/mol. The van der Waals surface area contributed by atoms with Gasteiger partial charge in [-0.25, -0.2) is 9.69 Å². The number of unbranched alkanes of at least 4 members (excludes halogenated alkanes) is 2. The SMILES string of the molecule is CCCCCN1C(=O)O/C(=C(\C#N)c2ccccc2)C1=O. The summed E-state index contributed by atoms with van der Waals surface area (Å²) < 4.78 is 5.02. The van der Waals surface area contributed by atoms with Crippen molar-refractivity contribution in [1.29, 1.82) is 5.26 Å². The minimum Gasteiger partial charge on any atom is -0.402 e. The van der Waals surface area contributed by atoms with Crippen molar-refractivity contribution in [1.82, 2.24) is 4.90 Å². The second-order valence-corrected chi connectivity index (χ2v) is 4.71. The van der Waals surface area contributed by atoms with Gasteiger partial charge in [-0.1, -0.05) is 50.1 Å². The van der Waals surface area contributed by atoms with Crippen molar-refractivity contribution in [2.24, 2.45) is 0 Å². The van der Waals surface area contributed by atoms with E-state index < -0.39 is 12.0 Å². The van der Waals surface area contributed by atoms with Crippen LogP contribution in [-0.2, 0) is 9.53 Å². The number of cyclic esters (lactones) is 1. The van der Waals surface area contributed by atoms with Gasteiger partial charge in [0.25, 0.3) is 0 Å². The van der Waals surface area contributed by atoms with Crippen LogP contribution in [-0.4, -0.2) is 23.4 Å². The smallest absolute Gasteiger partial charge is 0.402 e. The van der Waals surface area contributed by atoms with E-state index in [1.807, 2.05) is 19.1 Å². The molecule has 0 unspecified atom stereocenters. The zero-order chi connectivity index (χ0) is 15.2. The van der Waals surface area contributed by atoms with Crippen molar-refractivity contribution in [3.63, 3.8) is 0 Å². The summed E-state index contributed by atoms with van der Waals surface area (Å²) in [5.41, 5.74) is 0.651. The van der Waals surface area contributed by atoms with Crippen LogP contribution < -0.4 is 0 Å². The number of rotatable bonds is 5. The summed E-state index contributed by atoms with van der Waals surface area (Å²) in [7, 11) is 0. The van der Waals surface area contributed by atoms with E-state index in [0.29, 0.717) is 12.1 Å². The largest absolute Gasteiger partial charge is 0.422 e. The third-order valence-electron chi connectivity index (χ3n) is 3.24. The first kappa shape index (κ1) is 14.8. The van der Waals surface area contributed by atoms with Gasteiger partial charge in [0.1, 0.15) is 11.6 Å². The number of nitrogens with zero attached hydrogens (tertiary/aromatic N) is 2. The van der Waals surface area contributed by atoms with Crippen LogP contribution in [0.25, 0.3) is 5.57 Å². The second-order valence-electron chi connectivity index (χ2n) is 4.71. The van der Waals surface area contributed by atoms with Crippen LogP contribution in [0, 0.1) is 11.3 Å². The molecule has 0 N–H and O–H groups in total. The Balaban J connectivity index is 2.28. The fourth-order valence-electron chi connectivity index (χ4n) is 2.11. The molecule has 0 aromatic heterocycles. The second kappa shape index (κ2) is 6.71. The standard InChI is InChI=1S/C16H16N2O3/c1-2-3-7-10-18-15(19)14(21-16(18)20)13(11-17)12-8-5-4-6-9-12/h4-6,8-9H,2-3,7,10H2,1H3/b14-13+. The normalized spacial score (nSPS) is 16.7. The average molecular weight is 284 g/mol. The van der Waals surface area contributed by atoms with Gasteiger partial charge in [0.2, 0.25) is 5.76 Å². The molecule has 5 heteroatoms. The Kier molecular flexibility index (Phi) is 4.72. The number of hydrogen-bond donors (Lipinski definition) is 0. The van der Waals surface area contributed by atoms with E-state index in [4.69, 9.17) is 4.74 Å². The third-order valence-corrected chi connectivity index (χ3v) is 3.24. The first-order valence-corrected chi connectivity index (χ1v) is 6.92. The summed E-state index contributed by atoms with van der Waals surface area (Å²) in [4.78, 5) is 25.1. The molecule has 21 heavy (non-hydrogen) atoms. The molecule has 0 radical (unpaired) electrons. The molecule has 1 fully saturated rings. The maximum absolute atomic E-state index is 12.3. The zero-order valence-corrected chi connectivity index (χ0v) is 11.8. The molecule has 0 atom stereocenters. The summed E-state index contributed by atoms with van der Waals surface area (Å²) in [6.07, 6.45) is 1.96. The van der Waals surface area contributed by atoms with Gasteiger partial charge in [-0.3, -0.25) is 4.79 Å². The highest BCUT2D eigenvalue weighted by molar-refractivity contribution is 6.13. The van der Waals surface area contributed by atoms with Gasteiger partial charge in [-0.05, 0) is 12.0 Å². The van der Waals surface area contributed by atoms with Gasteiger partial charge < -0.3 is 4.74 Å². The molecule has 5 nitrogen and oxygen atoms in total. The number of hydrogen-bond acceptors (Lipinski definition) is 4. The third kappa shape index (κ3) is 3.11. The fourth-order valence-corrected chi connectivity index (χ4v) is 2.11. The summed E-state index contributed by atoms with van der Waals surface area (Å²) >= 11 is 0. The molecule has 2 amide bonds. The fraction of sp³-hybridized carbons (Fsp3) is 0.312. The molecule has 1 aliphatic heterocycles. The van der Waals surface area contributed by atoms with Crippen LogP contribution in [0.3, 0.4) is 0 Å². The molecule has 108 valence electrons. The number of amides is 2. The molecule has 0 aliphatic carbocycles. The first-order valence-electron chi connectivity index (χ1n) is 6.92. The van der Waals surface area contributed by atoms with Crippen LogP contribution >= 0.6 is 0 Å². The lowest BCUT2D eigenvalue weighted by Gasteiger charge is -2.08. The van der Waals surface area contributed by atoms with Crippen molar-refractivity contribution >= 4 is 17.6 Å². The Hall–Kier alpha value is -2.61. The van der Waals surface area contributed by atoms with E-state index >= 15 is 0 Å². The zero-order valence-electron chi connectivity index (χ0n) is 11.8. The highest BCUT2D eigenvalue weighted by atomic mass is 16.6. The summed E-state index contributed by atoms with van der Waals surface area (Å²) in [6, 6.07) is 10.7. The number of imide groups is 1. The Morgan fingerprint density at radius 3 is 2.57 bits per heavy atom. The number of carbonyl (C=O) groups is 2. The molecular formula is C16H16N2O3. The van der Waals surface area contributed by atoms with E-state index in [9.17, 15) is 14.9 Å². The lowest BCUT2D eigenvalue weighted by Crippen LogP contribution is -2.29. The van der Waals surface area contributed by atoms with Gasteiger partial charge in [-0.15, -0.1) is 0 Å². The Labute approximate surface area is 123 Å². The van der Waals surface area contributed by atoms with Crippen LogP contribution in [0.1, 0.15) is 31.7 Å². The molecule has 0 bridgehead atoms. The Morgan fingerprint density at radius 1 is 1.24 bits per heavy atom. The Morgan fingerprint density at radius 2 is 1.95 bits per heavy atom. The summed E-state index contributed by atoms with van der Waals surface area (Å²) in [6.45, 7) is 2.36. The summed E-state index contributed by atoms with van der Waals surface area (Å²) in [5, 5.41) is 9.27. The maximum Gasteiger partial charge on any atom is 0.422 e. The van der Waals surface area contributed by atoms with E-state index in [0.717, 1.165) is 24.2 Å².